The van der Waals surface area contributed by atoms with Crippen LogP contribution in [-0.2, 0) is 18.8 Å². The van der Waals surface area contributed by atoms with Crippen molar-refractivity contribution >= 4 is 29.5 Å². The summed E-state index contributed by atoms with van der Waals surface area (Å²) >= 11 is 0. The van der Waals surface area contributed by atoms with E-state index in [-0.39, 0.29) is 6.23 Å². The Labute approximate surface area is 165 Å². The SMILES string of the molecule is COC(=O)c1cc(B2OC(C)(C)C(C)(C)O2)cc2c1cnn2C1CCCCO1. The molecule has 0 radical (unpaired) electrons. The topological polar surface area (TPSA) is 71.8 Å². The maximum Gasteiger partial charge on any atom is 0.494 e. The van der Waals surface area contributed by atoms with E-state index in [2.05, 4.69) is 5.10 Å². The van der Waals surface area contributed by atoms with Gasteiger partial charge in [-0.15, -0.1) is 0 Å². The van der Waals surface area contributed by atoms with Crippen LogP contribution in [0.15, 0.2) is 18.3 Å². The van der Waals surface area contributed by atoms with E-state index >= 15 is 0 Å². The first-order valence-corrected chi connectivity index (χ1v) is 9.80. The van der Waals surface area contributed by atoms with Crippen LogP contribution in [0.1, 0.15) is 63.5 Å². The summed E-state index contributed by atoms with van der Waals surface area (Å²) in [6.07, 6.45) is 4.61. The number of rotatable bonds is 3. The third-order valence-corrected chi connectivity index (χ3v) is 6.10. The maximum atomic E-state index is 12.5. The summed E-state index contributed by atoms with van der Waals surface area (Å²) in [4.78, 5) is 12.5. The van der Waals surface area contributed by atoms with Crippen LogP contribution in [0.3, 0.4) is 0 Å². The van der Waals surface area contributed by atoms with Crippen LogP contribution in [0.4, 0.5) is 0 Å². The maximum absolute atomic E-state index is 12.5. The fourth-order valence-corrected chi connectivity index (χ4v) is 3.71. The molecule has 1 aromatic carbocycles. The Morgan fingerprint density at radius 1 is 1.21 bits per heavy atom. The average molecular weight is 386 g/mol. The molecule has 1 unspecified atom stereocenters. The van der Waals surface area contributed by atoms with Gasteiger partial charge in [-0.1, -0.05) is 0 Å². The molecule has 4 rings (SSSR count). The normalized spacial score (nSPS) is 23.9. The van der Waals surface area contributed by atoms with Crippen molar-refractivity contribution in [2.75, 3.05) is 13.7 Å². The second-order valence-corrected chi connectivity index (χ2v) is 8.49. The van der Waals surface area contributed by atoms with E-state index in [1.54, 1.807) is 12.3 Å². The third-order valence-electron chi connectivity index (χ3n) is 6.10. The summed E-state index contributed by atoms with van der Waals surface area (Å²) < 4.78 is 25.2. The van der Waals surface area contributed by atoms with Gasteiger partial charge in [0.1, 0.15) is 0 Å². The molecular formula is C20H27BN2O5. The molecule has 1 atom stereocenters. The second-order valence-electron chi connectivity index (χ2n) is 8.49. The van der Waals surface area contributed by atoms with E-state index in [1.807, 2.05) is 38.4 Å². The highest BCUT2D eigenvalue weighted by Crippen LogP contribution is 2.37. The van der Waals surface area contributed by atoms with Gasteiger partial charge in [-0.2, -0.15) is 5.10 Å². The average Bonchev–Trinajstić information content (AvgIpc) is 3.19. The minimum Gasteiger partial charge on any atom is -0.465 e. The summed E-state index contributed by atoms with van der Waals surface area (Å²) in [5.41, 5.74) is 1.10. The number of carbonyl (C=O) groups is 1. The lowest BCUT2D eigenvalue weighted by atomic mass is 9.77. The fraction of sp³-hybridized carbons (Fsp3) is 0.600. The van der Waals surface area contributed by atoms with Gasteiger partial charge >= 0.3 is 13.1 Å². The predicted molar refractivity (Wildman–Crippen MR) is 106 cm³/mol. The van der Waals surface area contributed by atoms with E-state index in [9.17, 15) is 4.79 Å². The molecule has 150 valence electrons. The molecule has 2 aliphatic rings. The minimum absolute atomic E-state index is 0.134. The van der Waals surface area contributed by atoms with Gasteiger partial charge in [0.15, 0.2) is 6.23 Å². The summed E-state index contributed by atoms with van der Waals surface area (Å²) in [5, 5.41) is 5.26. The molecule has 2 saturated heterocycles. The Morgan fingerprint density at radius 3 is 2.54 bits per heavy atom. The molecule has 7 nitrogen and oxygen atoms in total. The van der Waals surface area contributed by atoms with Crippen LogP contribution >= 0.6 is 0 Å². The summed E-state index contributed by atoms with van der Waals surface area (Å²) in [6, 6.07) is 3.76. The third kappa shape index (κ3) is 3.13. The Morgan fingerprint density at radius 2 is 1.93 bits per heavy atom. The molecule has 3 heterocycles. The van der Waals surface area contributed by atoms with Crippen molar-refractivity contribution < 1.29 is 23.6 Å². The Bertz CT molecular complexity index is 885. The number of fused-ring (bicyclic) bond motifs is 1. The largest absolute Gasteiger partial charge is 0.494 e. The molecule has 0 aliphatic carbocycles. The molecular weight excluding hydrogens is 359 g/mol. The molecule has 0 N–H and O–H groups in total. The monoisotopic (exact) mass is 386 g/mol. The zero-order chi connectivity index (χ0) is 20.1. The molecule has 0 bridgehead atoms. The minimum atomic E-state index is -0.576. The van der Waals surface area contributed by atoms with E-state index < -0.39 is 24.3 Å². The standard InChI is InChI=1S/C20H27BN2O5/c1-19(2)20(3,4)28-21(27-19)13-10-14(18(24)25-5)15-12-22-23(16(15)11-13)17-8-6-7-9-26-17/h10-12,17H,6-9H2,1-5H3. The van der Waals surface area contributed by atoms with Gasteiger partial charge in [-0.05, 0) is 64.6 Å². The van der Waals surface area contributed by atoms with Crippen LogP contribution in [0.2, 0.25) is 0 Å². The first-order chi connectivity index (χ1) is 13.2. The first-order valence-electron chi connectivity index (χ1n) is 9.80. The number of carbonyl (C=O) groups excluding carboxylic acids is 1. The number of hydrogen-bond acceptors (Lipinski definition) is 6. The number of aromatic nitrogens is 2. The van der Waals surface area contributed by atoms with Crippen molar-refractivity contribution in [3.8, 4) is 0 Å². The van der Waals surface area contributed by atoms with Crippen molar-refractivity contribution in [2.45, 2.75) is 64.4 Å². The number of esters is 1. The highest BCUT2D eigenvalue weighted by atomic mass is 16.7. The van der Waals surface area contributed by atoms with Gasteiger partial charge in [0, 0.05) is 12.0 Å². The Hall–Kier alpha value is -1.90. The second kappa shape index (κ2) is 6.86. The van der Waals surface area contributed by atoms with Crippen LogP contribution in [0.5, 0.6) is 0 Å². The van der Waals surface area contributed by atoms with E-state index in [4.69, 9.17) is 18.8 Å². The lowest BCUT2D eigenvalue weighted by molar-refractivity contribution is -0.0366. The lowest BCUT2D eigenvalue weighted by Gasteiger charge is -2.32. The zero-order valence-electron chi connectivity index (χ0n) is 17.2. The number of nitrogens with zero attached hydrogens (tertiary/aromatic N) is 2. The fourth-order valence-electron chi connectivity index (χ4n) is 3.71. The van der Waals surface area contributed by atoms with Gasteiger partial charge in [-0.3, -0.25) is 0 Å². The van der Waals surface area contributed by atoms with E-state index in [0.717, 1.165) is 35.6 Å². The van der Waals surface area contributed by atoms with Crippen LogP contribution in [-0.4, -0.2) is 47.8 Å². The van der Waals surface area contributed by atoms with Crippen molar-refractivity contribution in [3.63, 3.8) is 0 Å². The number of benzene rings is 1. The van der Waals surface area contributed by atoms with Crippen molar-refractivity contribution in [2.24, 2.45) is 0 Å². The van der Waals surface area contributed by atoms with E-state index in [1.165, 1.54) is 7.11 Å². The predicted octanol–water partition coefficient (Wildman–Crippen LogP) is 2.82. The zero-order valence-corrected chi connectivity index (χ0v) is 17.2. The number of methoxy groups -OCH3 is 1. The highest BCUT2D eigenvalue weighted by molar-refractivity contribution is 6.62. The molecule has 2 fully saturated rings. The molecule has 0 saturated carbocycles. The van der Waals surface area contributed by atoms with Gasteiger partial charge in [0.05, 0.1) is 35.6 Å². The Balaban J connectivity index is 1.82. The van der Waals surface area contributed by atoms with Crippen molar-refractivity contribution in [3.05, 3.63) is 23.9 Å². The lowest BCUT2D eigenvalue weighted by Crippen LogP contribution is -2.41. The van der Waals surface area contributed by atoms with Gasteiger partial charge in [-0.25, -0.2) is 9.48 Å². The van der Waals surface area contributed by atoms with Gasteiger partial charge < -0.3 is 18.8 Å². The van der Waals surface area contributed by atoms with Crippen LogP contribution in [0, 0.1) is 0 Å². The molecule has 2 aliphatic heterocycles. The number of hydrogen-bond donors (Lipinski definition) is 0. The molecule has 0 spiro atoms. The molecule has 2 aromatic rings. The number of ether oxygens (including phenoxy) is 2. The smallest absolute Gasteiger partial charge is 0.465 e. The van der Waals surface area contributed by atoms with Crippen LogP contribution in [0.25, 0.3) is 10.9 Å². The Kier molecular flexibility index (Phi) is 4.76. The van der Waals surface area contributed by atoms with Gasteiger partial charge in [0.25, 0.3) is 0 Å². The van der Waals surface area contributed by atoms with Crippen molar-refractivity contribution in [1.29, 1.82) is 0 Å². The summed E-state index contributed by atoms with van der Waals surface area (Å²) in [6.45, 7) is 8.74. The molecule has 1 aromatic heterocycles. The van der Waals surface area contributed by atoms with Gasteiger partial charge in [0.2, 0.25) is 0 Å². The van der Waals surface area contributed by atoms with E-state index in [0.29, 0.717) is 12.2 Å². The summed E-state index contributed by atoms with van der Waals surface area (Å²) in [5.74, 6) is -0.410. The molecule has 8 heteroatoms. The highest BCUT2D eigenvalue weighted by Gasteiger charge is 2.52. The van der Waals surface area contributed by atoms with Crippen LogP contribution < -0.4 is 5.46 Å². The summed E-state index contributed by atoms with van der Waals surface area (Å²) in [7, 11) is 0.804. The molecule has 28 heavy (non-hydrogen) atoms. The first kappa shape index (κ1) is 19.4. The quantitative estimate of drug-likeness (QED) is 0.597. The van der Waals surface area contributed by atoms with Crippen molar-refractivity contribution in [1.82, 2.24) is 9.78 Å². The molecule has 0 amide bonds.